The maximum absolute atomic E-state index is 4.66. The fourth-order valence-corrected chi connectivity index (χ4v) is 2.12. The molecule has 0 bridgehead atoms. The molecule has 19 heavy (non-hydrogen) atoms. The van der Waals surface area contributed by atoms with Crippen molar-refractivity contribution in [2.24, 2.45) is 0 Å². The average molecular weight is 252 g/mol. The van der Waals surface area contributed by atoms with Gasteiger partial charge in [0, 0.05) is 24.5 Å². The van der Waals surface area contributed by atoms with E-state index in [2.05, 4.69) is 24.0 Å². The molecular formula is C15H16N4. The second-order valence-electron chi connectivity index (χ2n) is 4.53. The number of nitrogens with zero attached hydrogens (tertiary/aromatic N) is 4. The van der Waals surface area contributed by atoms with Gasteiger partial charge in [0.2, 0.25) is 0 Å². The molecule has 0 aliphatic carbocycles. The molecule has 0 atom stereocenters. The first-order valence-electron chi connectivity index (χ1n) is 6.42. The highest BCUT2D eigenvalue weighted by atomic mass is 15.3. The van der Waals surface area contributed by atoms with Crippen molar-refractivity contribution in [1.29, 1.82) is 0 Å². The monoisotopic (exact) mass is 252 g/mol. The third kappa shape index (κ3) is 2.17. The lowest BCUT2D eigenvalue weighted by Gasteiger charge is -1.99. The summed E-state index contributed by atoms with van der Waals surface area (Å²) in [5.74, 6) is 0. The smallest absolute Gasteiger partial charge is 0.0988 e. The Labute approximate surface area is 112 Å². The third-order valence-corrected chi connectivity index (χ3v) is 3.15. The quantitative estimate of drug-likeness (QED) is 0.718. The van der Waals surface area contributed by atoms with E-state index in [0.29, 0.717) is 0 Å². The van der Waals surface area contributed by atoms with Crippen LogP contribution in [-0.2, 0) is 6.54 Å². The molecule has 0 fully saturated rings. The van der Waals surface area contributed by atoms with Gasteiger partial charge in [-0.1, -0.05) is 18.2 Å². The van der Waals surface area contributed by atoms with Gasteiger partial charge in [-0.15, -0.1) is 0 Å². The first kappa shape index (κ1) is 11.7. The van der Waals surface area contributed by atoms with E-state index in [9.17, 15) is 0 Å². The van der Waals surface area contributed by atoms with E-state index in [1.165, 1.54) is 0 Å². The fraction of sp³-hybridized carbons (Fsp3) is 0.200. The van der Waals surface area contributed by atoms with Gasteiger partial charge in [-0.05, 0) is 31.5 Å². The van der Waals surface area contributed by atoms with E-state index in [-0.39, 0.29) is 0 Å². The van der Waals surface area contributed by atoms with Crippen LogP contribution in [0, 0.1) is 6.92 Å². The summed E-state index contributed by atoms with van der Waals surface area (Å²) in [5.41, 5.74) is 4.27. The van der Waals surface area contributed by atoms with Crippen LogP contribution in [0.15, 0.2) is 48.9 Å². The van der Waals surface area contributed by atoms with Gasteiger partial charge in [0.25, 0.3) is 0 Å². The predicted octanol–water partition coefficient (Wildman–Crippen LogP) is 3.06. The van der Waals surface area contributed by atoms with E-state index in [4.69, 9.17) is 0 Å². The molecule has 0 radical (unpaired) electrons. The highest BCUT2D eigenvalue weighted by Crippen LogP contribution is 2.22. The van der Waals surface area contributed by atoms with Crippen molar-refractivity contribution in [3.05, 3.63) is 54.5 Å². The Bertz CT molecular complexity index is 679. The Kier molecular flexibility index (Phi) is 2.91. The van der Waals surface area contributed by atoms with Gasteiger partial charge < -0.3 is 0 Å². The molecular weight excluding hydrogens is 236 g/mol. The molecule has 2 aromatic heterocycles. The lowest BCUT2D eigenvalue weighted by atomic mass is 10.2. The summed E-state index contributed by atoms with van der Waals surface area (Å²) in [7, 11) is 0. The molecule has 0 saturated carbocycles. The SMILES string of the molecule is CCn1cc(-c2nn(-c3ccccc3)cc2C)cn1. The topological polar surface area (TPSA) is 35.6 Å². The molecule has 96 valence electrons. The first-order chi connectivity index (χ1) is 9.28. The molecule has 0 aliphatic rings. The lowest BCUT2D eigenvalue weighted by Crippen LogP contribution is -1.94. The molecule has 1 aromatic carbocycles. The largest absolute Gasteiger partial charge is 0.272 e. The molecule has 0 aliphatic heterocycles. The van der Waals surface area contributed by atoms with Crippen LogP contribution in [0.2, 0.25) is 0 Å². The van der Waals surface area contributed by atoms with Crippen molar-refractivity contribution in [3.8, 4) is 16.9 Å². The zero-order valence-corrected chi connectivity index (χ0v) is 11.1. The van der Waals surface area contributed by atoms with Crippen molar-refractivity contribution in [3.63, 3.8) is 0 Å². The molecule has 0 spiro atoms. The molecule has 3 aromatic rings. The molecule has 0 amide bonds. The van der Waals surface area contributed by atoms with E-state index >= 15 is 0 Å². The highest BCUT2D eigenvalue weighted by Gasteiger charge is 2.10. The molecule has 4 nitrogen and oxygen atoms in total. The Morgan fingerprint density at radius 1 is 1.11 bits per heavy atom. The molecule has 0 unspecified atom stereocenters. The van der Waals surface area contributed by atoms with Gasteiger partial charge >= 0.3 is 0 Å². The lowest BCUT2D eigenvalue weighted by molar-refractivity contribution is 0.660. The van der Waals surface area contributed by atoms with E-state index in [1.807, 2.05) is 58.3 Å². The maximum atomic E-state index is 4.66. The molecule has 4 heteroatoms. The van der Waals surface area contributed by atoms with Crippen molar-refractivity contribution in [2.45, 2.75) is 20.4 Å². The van der Waals surface area contributed by atoms with Crippen LogP contribution in [-0.4, -0.2) is 19.6 Å². The van der Waals surface area contributed by atoms with Crippen LogP contribution in [0.1, 0.15) is 12.5 Å². The van der Waals surface area contributed by atoms with Crippen molar-refractivity contribution >= 4 is 0 Å². The minimum atomic E-state index is 0.873. The number of aromatic nitrogens is 4. The fourth-order valence-electron chi connectivity index (χ4n) is 2.12. The van der Waals surface area contributed by atoms with Gasteiger partial charge in [-0.2, -0.15) is 10.2 Å². The van der Waals surface area contributed by atoms with Crippen molar-refractivity contribution in [2.75, 3.05) is 0 Å². The summed E-state index contributed by atoms with van der Waals surface area (Å²) in [6.07, 6.45) is 5.95. The molecule has 3 rings (SSSR count). The predicted molar refractivity (Wildman–Crippen MR) is 75.2 cm³/mol. The van der Waals surface area contributed by atoms with E-state index in [0.717, 1.165) is 29.1 Å². The Morgan fingerprint density at radius 2 is 1.89 bits per heavy atom. The van der Waals surface area contributed by atoms with Gasteiger partial charge in [0.15, 0.2) is 0 Å². The number of aryl methyl sites for hydroxylation is 2. The summed E-state index contributed by atoms with van der Waals surface area (Å²) in [6, 6.07) is 10.1. The summed E-state index contributed by atoms with van der Waals surface area (Å²) in [6.45, 7) is 5.02. The zero-order valence-electron chi connectivity index (χ0n) is 11.1. The zero-order chi connectivity index (χ0) is 13.2. The number of hydrogen-bond acceptors (Lipinski definition) is 2. The van der Waals surface area contributed by atoms with Crippen LogP contribution in [0.4, 0.5) is 0 Å². The maximum Gasteiger partial charge on any atom is 0.0988 e. The number of para-hydroxylation sites is 1. The van der Waals surface area contributed by atoms with Crippen LogP contribution in [0.25, 0.3) is 16.9 Å². The summed E-state index contributed by atoms with van der Waals surface area (Å²) < 4.78 is 3.82. The number of benzene rings is 1. The van der Waals surface area contributed by atoms with Crippen LogP contribution in [0.3, 0.4) is 0 Å². The minimum Gasteiger partial charge on any atom is -0.272 e. The number of rotatable bonds is 3. The first-order valence-corrected chi connectivity index (χ1v) is 6.42. The third-order valence-electron chi connectivity index (χ3n) is 3.15. The standard InChI is InChI=1S/C15H16N4/c1-3-18-11-13(9-16-18)15-12(2)10-19(17-15)14-7-5-4-6-8-14/h4-11H,3H2,1-2H3. The van der Waals surface area contributed by atoms with Crippen LogP contribution in [0.5, 0.6) is 0 Å². The van der Waals surface area contributed by atoms with Gasteiger partial charge in [-0.3, -0.25) is 4.68 Å². The molecule has 0 N–H and O–H groups in total. The molecule has 0 saturated heterocycles. The second kappa shape index (κ2) is 4.72. The van der Waals surface area contributed by atoms with E-state index < -0.39 is 0 Å². The average Bonchev–Trinajstić information content (AvgIpc) is 3.06. The van der Waals surface area contributed by atoms with Crippen molar-refractivity contribution < 1.29 is 0 Å². The minimum absolute atomic E-state index is 0.873. The summed E-state index contributed by atoms with van der Waals surface area (Å²) in [5, 5.41) is 8.96. The number of hydrogen-bond donors (Lipinski definition) is 0. The van der Waals surface area contributed by atoms with Crippen LogP contribution < -0.4 is 0 Å². The highest BCUT2D eigenvalue weighted by molar-refractivity contribution is 5.61. The Balaban J connectivity index is 2.02. The second-order valence-corrected chi connectivity index (χ2v) is 4.53. The Hall–Kier alpha value is -2.36. The summed E-state index contributed by atoms with van der Waals surface area (Å²) in [4.78, 5) is 0. The summed E-state index contributed by atoms with van der Waals surface area (Å²) >= 11 is 0. The van der Waals surface area contributed by atoms with Gasteiger partial charge in [0.05, 0.1) is 17.6 Å². The van der Waals surface area contributed by atoms with Gasteiger partial charge in [0.1, 0.15) is 0 Å². The Morgan fingerprint density at radius 3 is 2.58 bits per heavy atom. The van der Waals surface area contributed by atoms with E-state index in [1.54, 1.807) is 0 Å². The van der Waals surface area contributed by atoms with Crippen LogP contribution >= 0.6 is 0 Å². The normalized spacial score (nSPS) is 10.8. The van der Waals surface area contributed by atoms with Crippen molar-refractivity contribution in [1.82, 2.24) is 19.6 Å². The van der Waals surface area contributed by atoms with Gasteiger partial charge in [-0.25, -0.2) is 4.68 Å². The molecule has 2 heterocycles.